The topological polar surface area (TPSA) is 73.2 Å². The molecule has 0 aliphatic heterocycles. The molecule has 0 saturated heterocycles. The highest BCUT2D eigenvalue weighted by Gasteiger charge is 2.23. The average molecular weight is 293 g/mol. The van der Waals surface area contributed by atoms with Crippen LogP contribution in [-0.4, -0.2) is 28.8 Å². The maximum Gasteiger partial charge on any atom is 0.358 e. The van der Waals surface area contributed by atoms with Crippen LogP contribution in [-0.2, 0) is 16.6 Å². The molecule has 1 fully saturated rings. The first-order chi connectivity index (χ1) is 10.0. The number of amides is 1. The lowest BCUT2D eigenvalue weighted by Gasteiger charge is -2.10. The van der Waals surface area contributed by atoms with Crippen molar-refractivity contribution in [1.82, 2.24) is 9.78 Å². The van der Waals surface area contributed by atoms with Gasteiger partial charge in [0.1, 0.15) is 0 Å². The predicted molar refractivity (Wildman–Crippen MR) is 79.1 cm³/mol. The van der Waals surface area contributed by atoms with Crippen LogP contribution in [0.1, 0.15) is 54.7 Å². The number of hydrogen-bond donors (Lipinski definition) is 1. The number of esters is 1. The summed E-state index contributed by atoms with van der Waals surface area (Å²) in [5, 5.41) is 6.99. The van der Waals surface area contributed by atoms with E-state index in [4.69, 9.17) is 4.74 Å². The van der Waals surface area contributed by atoms with E-state index in [2.05, 4.69) is 10.4 Å². The monoisotopic (exact) mass is 293 g/mol. The largest absolute Gasteiger partial charge is 0.464 e. The number of methoxy groups -OCH3 is 1. The van der Waals surface area contributed by atoms with Crippen LogP contribution in [0, 0.1) is 12.8 Å². The first kappa shape index (κ1) is 15.5. The van der Waals surface area contributed by atoms with Gasteiger partial charge in [0.25, 0.3) is 0 Å². The van der Waals surface area contributed by atoms with E-state index in [1.807, 2.05) is 0 Å². The number of nitrogens with one attached hydrogen (secondary N) is 1. The molecule has 0 bridgehead atoms. The van der Waals surface area contributed by atoms with Crippen LogP contribution in [0.5, 0.6) is 0 Å². The van der Waals surface area contributed by atoms with Gasteiger partial charge in [-0.05, 0) is 19.3 Å². The van der Waals surface area contributed by atoms with Crippen LogP contribution < -0.4 is 5.32 Å². The van der Waals surface area contributed by atoms with Crippen molar-refractivity contribution in [2.24, 2.45) is 13.0 Å². The van der Waals surface area contributed by atoms with Crippen LogP contribution in [0.2, 0.25) is 0 Å². The van der Waals surface area contributed by atoms with Crippen molar-refractivity contribution in [3.05, 3.63) is 11.4 Å². The molecule has 1 N–H and O–H groups in total. The smallest absolute Gasteiger partial charge is 0.358 e. The van der Waals surface area contributed by atoms with Crippen LogP contribution in [0.25, 0.3) is 0 Å². The summed E-state index contributed by atoms with van der Waals surface area (Å²) in [6.07, 6.45) is 6.42. The molecule has 0 aromatic carbocycles. The van der Waals surface area contributed by atoms with E-state index in [1.165, 1.54) is 37.5 Å². The fraction of sp³-hybridized carbons (Fsp3) is 0.667. The van der Waals surface area contributed by atoms with Crippen molar-refractivity contribution in [1.29, 1.82) is 0 Å². The van der Waals surface area contributed by atoms with E-state index in [-0.39, 0.29) is 11.6 Å². The van der Waals surface area contributed by atoms with E-state index in [0.29, 0.717) is 23.7 Å². The fourth-order valence-electron chi connectivity index (χ4n) is 2.97. The Hall–Kier alpha value is -1.85. The maximum absolute atomic E-state index is 12.1. The van der Waals surface area contributed by atoms with Gasteiger partial charge in [-0.1, -0.05) is 25.7 Å². The molecule has 1 saturated carbocycles. The number of nitrogens with zero attached hydrogens (tertiary/aromatic N) is 2. The number of rotatable bonds is 5. The van der Waals surface area contributed by atoms with Crippen LogP contribution >= 0.6 is 0 Å². The van der Waals surface area contributed by atoms with Crippen molar-refractivity contribution >= 4 is 17.6 Å². The highest BCUT2D eigenvalue weighted by atomic mass is 16.5. The molecule has 0 atom stereocenters. The van der Waals surface area contributed by atoms with Crippen molar-refractivity contribution in [3.8, 4) is 0 Å². The third kappa shape index (κ3) is 3.62. The van der Waals surface area contributed by atoms with Gasteiger partial charge >= 0.3 is 5.97 Å². The summed E-state index contributed by atoms with van der Waals surface area (Å²) in [4.78, 5) is 23.9. The summed E-state index contributed by atoms with van der Waals surface area (Å²) in [5.41, 5.74) is 1.36. The van der Waals surface area contributed by atoms with E-state index in [9.17, 15) is 9.59 Å². The SMILES string of the molecule is COC(=O)c1c(NC(=O)CCC2CCCC2)c(C)nn1C. The molecule has 21 heavy (non-hydrogen) atoms. The molecule has 1 aromatic rings. The van der Waals surface area contributed by atoms with Gasteiger partial charge in [-0.25, -0.2) is 4.79 Å². The minimum Gasteiger partial charge on any atom is -0.464 e. The lowest BCUT2D eigenvalue weighted by atomic mass is 10.0. The summed E-state index contributed by atoms with van der Waals surface area (Å²) in [7, 11) is 2.98. The molecule has 1 heterocycles. The van der Waals surface area contributed by atoms with Crippen LogP contribution in [0.4, 0.5) is 5.69 Å². The molecule has 1 aliphatic rings. The Morgan fingerprint density at radius 3 is 2.67 bits per heavy atom. The van der Waals surface area contributed by atoms with E-state index < -0.39 is 5.97 Å². The number of carbonyl (C=O) groups is 2. The Bertz CT molecular complexity index is 531. The van der Waals surface area contributed by atoms with Gasteiger partial charge in [0.05, 0.1) is 18.5 Å². The summed E-state index contributed by atoms with van der Waals surface area (Å²) in [6.45, 7) is 1.76. The zero-order valence-electron chi connectivity index (χ0n) is 12.9. The van der Waals surface area contributed by atoms with Gasteiger partial charge in [-0.2, -0.15) is 5.10 Å². The highest BCUT2D eigenvalue weighted by molar-refractivity contribution is 6.00. The molecule has 0 unspecified atom stereocenters. The molecule has 1 aromatic heterocycles. The van der Waals surface area contributed by atoms with Gasteiger partial charge in [-0.15, -0.1) is 0 Å². The Kier molecular flexibility index (Phi) is 4.98. The fourth-order valence-corrected chi connectivity index (χ4v) is 2.97. The van der Waals surface area contributed by atoms with Gasteiger partial charge in [0.2, 0.25) is 5.91 Å². The summed E-state index contributed by atoms with van der Waals surface area (Å²) < 4.78 is 6.18. The Morgan fingerprint density at radius 2 is 2.05 bits per heavy atom. The van der Waals surface area contributed by atoms with Gasteiger partial charge in [0.15, 0.2) is 5.69 Å². The number of anilines is 1. The number of carbonyl (C=O) groups excluding carboxylic acids is 2. The first-order valence-electron chi connectivity index (χ1n) is 7.44. The lowest BCUT2D eigenvalue weighted by molar-refractivity contribution is -0.116. The highest BCUT2D eigenvalue weighted by Crippen LogP contribution is 2.29. The summed E-state index contributed by atoms with van der Waals surface area (Å²) >= 11 is 0. The second-order valence-corrected chi connectivity index (χ2v) is 5.66. The molecule has 1 aliphatic carbocycles. The zero-order valence-corrected chi connectivity index (χ0v) is 12.9. The predicted octanol–water partition coefficient (Wildman–Crippen LogP) is 2.42. The molecule has 116 valence electrons. The van der Waals surface area contributed by atoms with Crippen molar-refractivity contribution in [2.75, 3.05) is 12.4 Å². The molecular weight excluding hydrogens is 270 g/mol. The van der Waals surface area contributed by atoms with Crippen molar-refractivity contribution in [2.45, 2.75) is 45.4 Å². The lowest BCUT2D eigenvalue weighted by Crippen LogP contribution is -2.17. The van der Waals surface area contributed by atoms with Crippen LogP contribution in [0.3, 0.4) is 0 Å². The quantitative estimate of drug-likeness (QED) is 0.846. The third-order valence-corrected chi connectivity index (χ3v) is 4.12. The Morgan fingerprint density at radius 1 is 1.38 bits per heavy atom. The van der Waals surface area contributed by atoms with E-state index in [0.717, 1.165) is 6.42 Å². The molecule has 0 spiro atoms. The molecule has 1 amide bonds. The Labute approximate surface area is 124 Å². The standard InChI is InChI=1S/C15H23N3O3/c1-10-13(14(15(20)21-3)18(2)17-10)16-12(19)9-8-11-6-4-5-7-11/h11H,4-9H2,1-3H3,(H,16,19). The third-order valence-electron chi connectivity index (χ3n) is 4.12. The zero-order chi connectivity index (χ0) is 15.4. The van der Waals surface area contributed by atoms with E-state index >= 15 is 0 Å². The van der Waals surface area contributed by atoms with Gasteiger partial charge in [-0.3, -0.25) is 9.48 Å². The van der Waals surface area contributed by atoms with Crippen molar-refractivity contribution in [3.63, 3.8) is 0 Å². The number of aromatic nitrogens is 2. The molecule has 6 nitrogen and oxygen atoms in total. The summed E-state index contributed by atoms with van der Waals surface area (Å²) in [5.74, 6) is 0.109. The minimum absolute atomic E-state index is 0.0665. The normalized spacial score (nSPS) is 15.2. The van der Waals surface area contributed by atoms with Crippen molar-refractivity contribution < 1.29 is 14.3 Å². The minimum atomic E-state index is -0.496. The molecule has 2 rings (SSSR count). The molecule has 6 heteroatoms. The van der Waals surface area contributed by atoms with Gasteiger partial charge < -0.3 is 10.1 Å². The molecular formula is C15H23N3O3. The van der Waals surface area contributed by atoms with Crippen LogP contribution in [0.15, 0.2) is 0 Å². The number of aryl methyl sites for hydroxylation is 2. The molecule has 0 radical (unpaired) electrons. The summed E-state index contributed by atoms with van der Waals surface area (Å²) in [6, 6.07) is 0. The number of ether oxygens (including phenoxy) is 1. The second-order valence-electron chi connectivity index (χ2n) is 5.66. The maximum atomic E-state index is 12.1. The Balaban J connectivity index is 2.01. The average Bonchev–Trinajstić information content (AvgIpc) is 3.05. The van der Waals surface area contributed by atoms with Gasteiger partial charge in [0, 0.05) is 13.5 Å². The van der Waals surface area contributed by atoms with E-state index in [1.54, 1.807) is 14.0 Å². The second kappa shape index (κ2) is 6.74. The number of hydrogen-bond acceptors (Lipinski definition) is 4. The first-order valence-corrected chi connectivity index (χ1v) is 7.44.